The van der Waals surface area contributed by atoms with E-state index in [-0.39, 0.29) is 6.10 Å². The Kier molecular flexibility index (Phi) is 3.62. The molecule has 0 radical (unpaired) electrons. The first kappa shape index (κ1) is 12.4. The predicted octanol–water partition coefficient (Wildman–Crippen LogP) is 1.76. The van der Waals surface area contributed by atoms with Crippen molar-refractivity contribution in [3.63, 3.8) is 0 Å². The molecule has 1 saturated heterocycles. The van der Waals surface area contributed by atoms with E-state index in [1.165, 1.54) is 11.1 Å². The molecule has 3 rings (SSSR count). The van der Waals surface area contributed by atoms with Gasteiger partial charge in [0.25, 0.3) is 0 Å². The minimum Gasteiger partial charge on any atom is -0.392 e. The second-order valence-corrected chi connectivity index (χ2v) is 5.30. The zero-order valence-corrected chi connectivity index (χ0v) is 10.9. The molecule has 19 heavy (non-hydrogen) atoms. The number of nitrogens with one attached hydrogen (secondary N) is 1. The molecule has 0 bridgehead atoms. The SMILES string of the molecule is OC1CC(c2cn[nH]c2)CN(Cc2ccccc2)C1. The Morgan fingerprint density at radius 1 is 1.26 bits per heavy atom. The lowest BCUT2D eigenvalue weighted by Crippen LogP contribution is -2.41. The summed E-state index contributed by atoms with van der Waals surface area (Å²) in [6.45, 7) is 2.63. The lowest BCUT2D eigenvalue weighted by molar-refractivity contribution is 0.0550. The second-order valence-electron chi connectivity index (χ2n) is 5.30. The fourth-order valence-electron chi connectivity index (χ4n) is 2.86. The maximum Gasteiger partial charge on any atom is 0.0673 e. The van der Waals surface area contributed by atoms with E-state index in [0.29, 0.717) is 5.92 Å². The summed E-state index contributed by atoms with van der Waals surface area (Å²) in [5.41, 5.74) is 2.49. The molecule has 2 heterocycles. The van der Waals surface area contributed by atoms with Gasteiger partial charge >= 0.3 is 0 Å². The highest BCUT2D eigenvalue weighted by molar-refractivity contribution is 5.16. The summed E-state index contributed by atoms with van der Waals surface area (Å²) in [6.07, 6.45) is 4.37. The number of aromatic amines is 1. The molecule has 1 aromatic carbocycles. The van der Waals surface area contributed by atoms with E-state index in [1.54, 1.807) is 0 Å². The summed E-state index contributed by atoms with van der Waals surface area (Å²) in [6, 6.07) is 10.4. The van der Waals surface area contributed by atoms with Crippen LogP contribution in [0.25, 0.3) is 0 Å². The number of hydrogen-bond acceptors (Lipinski definition) is 3. The molecule has 1 aromatic heterocycles. The minimum absolute atomic E-state index is 0.252. The van der Waals surface area contributed by atoms with Gasteiger partial charge in [0.05, 0.1) is 12.3 Å². The molecule has 1 aliphatic heterocycles. The summed E-state index contributed by atoms with van der Waals surface area (Å²) < 4.78 is 0. The fourth-order valence-corrected chi connectivity index (χ4v) is 2.86. The van der Waals surface area contributed by atoms with Crippen molar-refractivity contribution in [3.05, 3.63) is 53.9 Å². The Labute approximate surface area is 113 Å². The molecule has 1 fully saturated rings. The molecule has 2 unspecified atom stereocenters. The summed E-state index contributed by atoms with van der Waals surface area (Å²) in [4.78, 5) is 2.32. The van der Waals surface area contributed by atoms with Gasteiger partial charge in [-0.15, -0.1) is 0 Å². The molecule has 0 aliphatic carbocycles. The molecule has 4 heteroatoms. The molecule has 100 valence electrons. The zero-order valence-electron chi connectivity index (χ0n) is 10.9. The van der Waals surface area contributed by atoms with Crippen LogP contribution in [-0.2, 0) is 6.54 Å². The number of nitrogens with zero attached hydrogens (tertiary/aromatic N) is 2. The number of benzene rings is 1. The van der Waals surface area contributed by atoms with Crippen LogP contribution in [0.3, 0.4) is 0 Å². The Morgan fingerprint density at radius 2 is 2.11 bits per heavy atom. The number of aromatic nitrogens is 2. The van der Waals surface area contributed by atoms with Crippen LogP contribution in [0.15, 0.2) is 42.7 Å². The molecular weight excluding hydrogens is 238 g/mol. The van der Waals surface area contributed by atoms with E-state index in [9.17, 15) is 5.11 Å². The third-order valence-electron chi connectivity index (χ3n) is 3.74. The van der Waals surface area contributed by atoms with E-state index >= 15 is 0 Å². The first-order valence-corrected chi connectivity index (χ1v) is 6.74. The standard InChI is InChI=1S/C15H19N3O/c19-15-6-13(14-7-16-17-8-14)10-18(11-15)9-12-4-2-1-3-5-12/h1-5,7-8,13,15,19H,6,9-11H2,(H,16,17). The van der Waals surface area contributed by atoms with Gasteiger partial charge in [-0.2, -0.15) is 5.10 Å². The van der Waals surface area contributed by atoms with Gasteiger partial charge in [-0.05, 0) is 17.5 Å². The molecule has 4 nitrogen and oxygen atoms in total. The first-order valence-electron chi connectivity index (χ1n) is 6.74. The van der Waals surface area contributed by atoms with E-state index in [1.807, 2.05) is 18.5 Å². The number of aliphatic hydroxyl groups excluding tert-OH is 1. The highest BCUT2D eigenvalue weighted by Gasteiger charge is 2.27. The van der Waals surface area contributed by atoms with Crippen LogP contribution < -0.4 is 0 Å². The lowest BCUT2D eigenvalue weighted by atomic mass is 9.91. The van der Waals surface area contributed by atoms with Crippen LogP contribution in [0.5, 0.6) is 0 Å². The molecular formula is C15H19N3O. The normalized spacial score (nSPS) is 24.5. The number of aliphatic hydroxyl groups is 1. The van der Waals surface area contributed by atoms with Gasteiger partial charge < -0.3 is 5.11 Å². The van der Waals surface area contributed by atoms with Crippen molar-refractivity contribution in [3.8, 4) is 0 Å². The van der Waals surface area contributed by atoms with Gasteiger partial charge in [-0.1, -0.05) is 30.3 Å². The van der Waals surface area contributed by atoms with Crippen LogP contribution in [0, 0.1) is 0 Å². The average Bonchev–Trinajstić information content (AvgIpc) is 2.93. The average molecular weight is 257 g/mol. The van der Waals surface area contributed by atoms with Crippen molar-refractivity contribution in [2.24, 2.45) is 0 Å². The molecule has 2 N–H and O–H groups in total. The van der Waals surface area contributed by atoms with Gasteiger partial charge in [0.15, 0.2) is 0 Å². The smallest absolute Gasteiger partial charge is 0.0673 e. The predicted molar refractivity (Wildman–Crippen MR) is 73.7 cm³/mol. The van der Waals surface area contributed by atoms with Crippen LogP contribution in [0.2, 0.25) is 0 Å². The van der Waals surface area contributed by atoms with Gasteiger partial charge in [0.2, 0.25) is 0 Å². The Morgan fingerprint density at radius 3 is 2.84 bits per heavy atom. The van der Waals surface area contributed by atoms with Crippen molar-refractivity contribution in [2.75, 3.05) is 13.1 Å². The zero-order chi connectivity index (χ0) is 13.1. The molecule has 2 atom stereocenters. The topological polar surface area (TPSA) is 52.2 Å². The summed E-state index contributed by atoms with van der Waals surface area (Å²) >= 11 is 0. The Bertz CT molecular complexity index is 497. The number of likely N-dealkylation sites (tertiary alicyclic amines) is 1. The van der Waals surface area contributed by atoms with Crippen molar-refractivity contribution in [1.29, 1.82) is 0 Å². The minimum atomic E-state index is -0.252. The van der Waals surface area contributed by atoms with Gasteiger partial charge in [-0.3, -0.25) is 10.00 Å². The Balaban J connectivity index is 1.69. The van der Waals surface area contributed by atoms with Gasteiger partial charge in [0.1, 0.15) is 0 Å². The number of H-pyrrole nitrogens is 1. The quantitative estimate of drug-likeness (QED) is 0.881. The molecule has 2 aromatic rings. The van der Waals surface area contributed by atoms with Crippen LogP contribution >= 0.6 is 0 Å². The van der Waals surface area contributed by atoms with Crippen LogP contribution in [0.4, 0.5) is 0 Å². The van der Waals surface area contributed by atoms with E-state index in [0.717, 1.165) is 26.1 Å². The Hall–Kier alpha value is -1.65. The summed E-state index contributed by atoms with van der Waals surface area (Å²) in [5, 5.41) is 16.9. The molecule has 0 saturated carbocycles. The number of hydrogen-bond donors (Lipinski definition) is 2. The lowest BCUT2D eigenvalue weighted by Gasteiger charge is -2.35. The third kappa shape index (κ3) is 3.03. The van der Waals surface area contributed by atoms with E-state index < -0.39 is 0 Å². The number of rotatable bonds is 3. The first-order chi connectivity index (χ1) is 9.31. The van der Waals surface area contributed by atoms with Gasteiger partial charge in [0, 0.05) is 31.7 Å². The van der Waals surface area contributed by atoms with Crippen LogP contribution in [0.1, 0.15) is 23.5 Å². The molecule has 1 aliphatic rings. The number of β-amino-alcohol motifs (C(OH)–C–C–N with tert-alkyl or cyclic N) is 1. The highest BCUT2D eigenvalue weighted by Crippen LogP contribution is 2.27. The largest absolute Gasteiger partial charge is 0.392 e. The maximum absolute atomic E-state index is 10.1. The summed E-state index contributed by atoms with van der Waals surface area (Å²) in [7, 11) is 0. The summed E-state index contributed by atoms with van der Waals surface area (Å²) in [5.74, 6) is 0.367. The third-order valence-corrected chi connectivity index (χ3v) is 3.74. The van der Waals surface area contributed by atoms with E-state index in [4.69, 9.17) is 0 Å². The molecule has 0 amide bonds. The molecule has 0 spiro atoms. The fraction of sp³-hybridized carbons (Fsp3) is 0.400. The van der Waals surface area contributed by atoms with Crippen molar-refractivity contribution < 1.29 is 5.11 Å². The van der Waals surface area contributed by atoms with Crippen molar-refractivity contribution in [1.82, 2.24) is 15.1 Å². The maximum atomic E-state index is 10.1. The number of piperidine rings is 1. The van der Waals surface area contributed by atoms with Gasteiger partial charge in [-0.25, -0.2) is 0 Å². The van der Waals surface area contributed by atoms with Crippen LogP contribution in [-0.4, -0.2) is 39.4 Å². The second kappa shape index (κ2) is 5.55. The monoisotopic (exact) mass is 257 g/mol. The highest BCUT2D eigenvalue weighted by atomic mass is 16.3. The van der Waals surface area contributed by atoms with Crippen molar-refractivity contribution >= 4 is 0 Å². The van der Waals surface area contributed by atoms with E-state index in [2.05, 4.69) is 39.4 Å². The van der Waals surface area contributed by atoms with Crippen molar-refractivity contribution in [2.45, 2.75) is 25.0 Å².